The highest BCUT2D eigenvalue weighted by Crippen LogP contribution is 2.37. The summed E-state index contributed by atoms with van der Waals surface area (Å²) in [5, 5.41) is 9.26. The summed E-state index contributed by atoms with van der Waals surface area (Å²) in [5.74, 6) is -0.963. The third-order valence-corrected chi connectivity index (χ3v) is 5.85. The fourth-order valence-corrected chi connectivity index (χ4v) is 4.45. The molecule has 0 fully saturated rings. The average Bonchev–Trinajstić information content (AvgIpc) is 2.53. The van der Waals surface area contributed by atoms with Gasteiger partial charge < -0.3 is 9.84 Å². The Morgan fingerprint density at radius 2 is 1.92 bits per heavy atom. The molecule has 0 unspecified atom stereocenters. The van der Waals surface area contributed by atoms with Gasteiger partial charge >= 0.3 is 5.97 Å². The summed E-state index contributed by atoms with van der Waals surface area (Å²) in [6, 6.07) is 11.6. The molecule has 7 heteroatoms. The minimum absolute atomic E-state index is 0.161. The van der Waals surface area contributed by atoms with Crippen LogP contribution in [-0.4, -0.2) is 32.1 Å². The maximum Gasteiger partial charge on any atom is 0.346 e. The molecule has 0 bridgehead atoms. The van der Waals surface area contributed by atoms with Gasteiger partial charge in [-0.05, 0) is 37.6 Å². The topological polar surface area (TPSA) is 83.9 Å². The molecule has 0 saturated carbocycles. The van der Waals surface area contributed by atoms with Crippen molar-refractivity contribution in [2.45, 2.75) is 24.8 Å². The number of rotatable bonds is 3. The molecule has 2 aromatic carbocycles. The van der Waals surface area contributed by atoms with Crippen LogP contribution in [0.4, 0.5) is 5.69 Å². The summed E-state index contributed by atoms with van der Waals surface area (Å²) >= 11 is 0. The molecule has 1 atom stereocenters. The quantitative estimate of drug-likeness (QED) is 0.921. The minimum atomic E-state index is -3.90. The van der Waals surface area contributed by atoms with Gasteiger partial charge in [0.05, 0.1) is 17.1 Å². The third-order valence-electron chi connectivity index (χ3n) is 3.91. The van der Waals surface area contributed by atoms with Crippen molar-refractivity contribution >= 4 is 21.7 Å². The molecule has 0 aliphatic carbocycles. The summed E-state index contributed by atoms with van der Waals surface area (Å²) < 4.78 is 32.8. The van der Waals surface area contributed by atoms with Crippen LogP contribution in [0.15, 0.2) is 47.4 Å². The van der Waals surface area contributed by atoms with Crippen LogP contribution in [0.2, 0.25) is 0 Å². The number of carbonyl (C=O) groups is 1. The molecule has 0 amide bonds. The Labute approximate surface area is 140 Å². The van der Waals surface area contributed by atoms with Crippen LogP contribution in [0, 0.1) is 13.8 Å². The largest absolute Gasteiger partial charge is 0.478 e. The zero-order chi connectivity index (χ0) is 17.5. The number of sulfonamides is 1. The first kappa shape index (κ1) is 16.3. The maximum absolute atomic E-state index is 13.1. The van der Waals surface area contributed by atoms with E-state index in [2.05, 4.69) is 0 Å². The predicted octanol–water partition coefficient (Wildman–Crippen LogP) is 2.34. The molecule has 0 radical (unpaired) electrons. The van der Waals surface area contributed by atoms with E-state index < -0.39 is 22.1 Å². The van der Waals surface area contributed by atoms with Crippen LogP contribution < -0.4 is 9.04 Å². The van der Waals surface area contributed by atoms with Gasteiger partial charge in [0.25, 0.3) is 10.0 Å². The van der Waals surface area contributed by atoms with Gasteiger partial charge in [-0.15, -0.1) is 0 Å². The fraction of sp³-hybridized carbons (Fsp3) is 0.235. The number of anilines is 1. The zero-order valence-electron chi connectivity index (χ0n) is 13.3. The van der Waals surface area contributed by atoms with E-state index in [0.29, 0.717) is 11.3 Å². The lowest BCUT2D eigenvalue weighted by molar-refractivity contribution is -0.144. The Hall–Kier alpha value is -2.54. The summed E-state index contributed by atoms with van der Waals surface area (Å²) in [7, 11) is -3.90. The Kier molecular flexibility index (Phi) is 3.96. The van der Waals surface area contributed by atoms with Crippen LogP contribution in [-0.2, 0) is 14.8 Å². The molecule has 0 spiro atoms. The van der Waals surface area contributed by atoms with Crippen molar-refractivity contribution < 1.29 is 23.1 Å². The number of ether oxygens (including phenoxy) is 1. The van der Waals surface area contributed by atoms with Gasteiger partial charge in [-0.1, -0.05) is 29.8 Å². The standard InChI is InChI=1S/C17H17NO5S/c1-11-7-8-16(12(2)9-11)24(21,22)18-10-15(17(19)20)23-14-6-4-3-5-13(14)18/h3-9,15H,10H2,1-2H3,(H,19,20)/t15-/m0/s1. The summed E-state index contributed by atoms with van der Waals surface area (Å²) in [6.45, 7) is 3.33. The number of aliphatic carboxylic acids is 1. The Bertz CT molecular complexity index is 907. The van der Waals surface area contributed by atoms with Crippen molar-refractivity contribution in [3.05, 3.63) is 53.6 Å². The second kappa shape index (κ2) is 5.83. The van der Waals surface area contributed by atoms with Gasteiger partial charge in [-0.25, -0.2) is 13.2 Å². The Morgan fingerprint density at radius 1 is 1.21 bits per heavy atom. The molecule has 1 aliphatic rings. The van der Waals surface area contributed by atoms with Crippen LogP contribution in [0.5, 0.6) is 5.75 Å². The van der Waals surface area contributed by atoms with Crippen LogP contribution in [0.1, 0.15) is 11.1 Å². The Morgan fingerprint density at radius 3 is 2.58 bits per heavy atom. The molecule has 126 valence electrons. The van der Waals surface area contributed by atoms with Crippen molar-refractivity contribution in [1.29, 1.82) is 0 Å². The van der Waals surface area contributed by atoms with Crippen molar-refractivity contribution in [2.24, 2.45) is 0 Å². The van der Waals surface area contributed by atoms with E-state index in [1.54, 1.807) is 49.4 Å². The second-order valence-corrected chi connectivity index (χ2v) is 7.55. The van der Waals surface area contributed by atoms with Crippen molar-refractivity contribution in [1.82, 2.24) is 0 Å². The van der Waals surface area contributed by atoms with Gasteiger partial charge in [0.1, 0.15) is 5.75 Å². The number of hydrogen-bond donors (Lipinski definition) is 1. The van der Waals surface area contributed by atoms with Gasteiger partial charge in [0.15, 0.2) is 0 Å². The molecule has 6 nitrogen and oxygen atoms in total. The first-order valence-electron chi connectivity index (χ1n) is 7.39. The van der Waals surface area contributed by atoms with E-state index in [0.717, 1.165) is 9.87 Å². The van der Waals surface area contributed by atoms with Gasteiger partial charge in [0, 0.05) is 0 Å². The zero-order valence-corrected chi connectivity index (χ0v) is 14.1. The van der Waals surface area contributed by atoms with E-state index in [1.807, 2.05) is 6.92 Å². The molecule has 0 saturated heterocycles. The normalized spacial score (nSPS) is 17.1. The second-order valence-electron chi connectivity index (χ2n) is 5.72. The third kappa shape index (κ3) is 2.71. The summed E-state index contributed by atoms with van der Waals surface area (Å²) in [6.07, 6.45) is -1.25. The molecule has 2 aromatic rings. The smallest absolute Gasteiger partial charge is 0.346 e. The van der Waals surface area contributed by atoms with Crippen LogP contribution in [0.3, 0.4) is 0 Å². The van der Waals surface area contributed by atoms with E-state index in [-0.39, 0.29) is 17.2 Å². The molecular weight excluding hydrogens is 330 g/mol. The highest BCUT2D eigenvalue weighted by molar-refractivity contribution is 7.92. The molecule has 0 aromatic heterocycles. The SMILES string of the molecule is Cc1ccc(S(=O)(=O)N2C[C@@H](C(=O)O)Oc3ccccc32)c(C)c1. The lowest BCUT2D eigenvalue weighted by atomic mass is 10.2. The number of carboxylic acid groups (broad SMARTS) is 1. The Balaban J connectivity index is 2.14. The number of benzene rings is 2. The first-order valence-corrected chi connectivity index (χ1v) is 8.83. The first-order chi connectivity index (χ1) is 11.3. The number of para-hydroxylation sites is 2. The number of carboxylic acids is 1. The monoisotopic (exact) mass is 347 g/mol. The van der Waals surface area contributed by atoms with Crippen LogP contribution >= 0.6 is 0 Å². The molecular formula is C17H17NO5S. The van der Waals surface area contributed by atoms with Crippen molar-refractivity contribution in [2.75, 3.05) is 10.8 Å². The van der Waals surface area contributed by atoms with E-state index in [1.165, 1.54) is 0 Å². The highest BCUT2D eigenvalue weighted by Gasteiger charge is 2.37. The molecule has 1 aliphatic heterocycles. The number of fused-ring (bicyclic) bond motifs is 1. The van der Waals surface area contributed by atoms with Crippen molar-refractivity contribution in [3.8, 4) is 5.75 Å². The molecule has 1 heterocycles. The number of hydrogen-bond acceptors (Lipinski definition) is 4. The predicted molar refractivity (Wildman–Crippen MR) is 88.9 cm³/mol. The van der Waals surface area contributed by atoms with E-state index in [9.17, 15) is 18.3 Å². The minimum Gasteiger partial charge on any atom is -0.478 e. The molecule has 3 rings (SSSR count). The van der Waals surface area contributed by atoms with Crippen molar-refractivity contribution in [3.63, 3.8) is 0 Å². The highest BCUT2D eigenvalue weighted by atomic mass is 32.2. The van der Waals surface area contributed by atoms with Gasteiger partial charge in [-0.3, -0.25) is 4.31 Å². The number of aryl methyl sites for hydroxylation is 2. The maximum atomic E-state index is 13.1. The van der Waals surface area contributed by atoms with E-state index >= 15 is 0 Å². The fourth-order valence-electron chi connectivity index (χ4n) is 2.77. The van der Waals surface area contributed by atoms with Gasteiger partial charge in [-0.2, -0.15) is 0 Å². The average molecular weight is 347 g/mol. The van der Waals surface area contributed by atoms with Crippen LogP contribution in [0.25, 0.3) is 0 Å². The lowest BCUT2D eigenvalue weighted by Gasteiger charge is -2.34. The molecule has 1 N–H and O–H groups in total. The lowest BCUT2D eigenvalue weighted by Crippen LogP contribution is -2.47. The summed E-state index contributed by atoms with van der Waals surface area (Å²) in [5.41, 5.74) is 1.91. The number of nitrogens with zero attached hydrogens (tertiary/aromatic N) is 1. The van der Waals surface area contributed by atoms with Gasteiger partial charge in [0.2, 0.25) is 6.10 Å². The summed E-state index contributed by atoms with van der Waals surface area (Å²) in [4.78, 5) is 11.5. The molecule has 24 heavy (non-hydrogen) atoms. The van der Waals surface area contributed by atoms with E-state index in [4.69, 9.17) is 4.74 Å².